The molecule has 0 amide bonds. The Morgan fingerprint density at radius 1 is 0.486 bits per heavy atom. The molecule has 0 aliphatic rings. The van der Waals surface area contributed by atoms with E-state index in [-0.39, 0.29) is 7.14 Å². The van der Waals surface area contributed by atoms with Crippen molar-refractivity contribution >= 4 is 20.2 Å². The number of alkyl halides is 9. The van der Waals surface area contributed by atoms with E-state index in [2.05, 4.69) is 3.07 Å². The van der Waals surface area contributed by atoms with Crippen LogP contribution in [0.15, 0.2) is 48.5 Å². The van der Waals surface area contributed by atoms with Crippen molar-refractivity contribution in [3.63, 3.8) is 0 Å². The van der Waals surface area contributed by atoms with E-state index in [4.69, 9.17) is 0 Å². The Labute approximate surface area is 206 Å². The van der Waals surface area contributed by atoms with Gasteiger partial charge in [-0.15, -0.1) is 0 Å². The molecule has 0 aliphatic carbocycles. The molecule has 0 radical (unpaired) electrons. The molecule has 2 aromatic rings. The Morgan fingerprint density at radius 3 is 0.943 bits per heavy atom. The maximum absolute atomic E-state index is 13.7. The quantitative estimate of drug-likeness (QED) is 0.243. The Kier molecular flexibility index (Phi) is 8.00. The second-order valence-corrected chi connectivity index (χ2v) is 14.4. The standard InChI is InChI=1S/C24H26F9IO/c1-19(2,3)15-7-11-17(12-8-15)34(18-13-9-16(10-14-18)20(4,5)6)35-21(22(25,26)27,23(28,29)30)24(31,32)33/h7-14H,1-6H3. The molecule has 0 atom stereocenters. The molecular weight excluding hydrogens is 602 g/mol. The van der Waals surface area contributed by atoms with E-state index >= 15 is 0 Å². The fourth-order valence-electron chi connectivity index (χ4n) is 3.07. The number of hydrogen-bond acceptors (Lipinski definition) is 1. The fourth-order valence-corrected chi connectivity index (χ4v) is 7.74. The minimum atomic E-state index is -6.80. The Balaban J connectivity index is 2.78. The van der Waals surface area contributed by atoms with Gasteiger partial charge in [0.05, 0.1) is 0 Å². The number of hydrogen-bond donors (Lipinski definition) is 0. The molecule has 198 valence electrons. The van der Waals surface area contributed by atoms with E-state index in [1.54, 1.807) is 0 Å². The van der Waals surface area contributed by atoms with Crippen molar-refractivity contribution < 1.29 is 42.6 Å². The summed E-state index contributed by atoms with van der Waals surface area (Å²) in [5.41, 5.74) is -5.73. The molecule has 0 N–H and O–H groups in total. The maximum atomic E-state index is 13.7. The van der Waals surface area contributed by atoms with Crippen molar-refractivity contribution in [2.75, 3.05) is 0 Å². The van der Waals surface area contributed by atoms with Gasteiger partial charge in [-0.25, -0.2) is 0 Å². The van der Waals surface area contributed by atoms with Crippen molar-refractivity contribution in [3.05, 3.63) is 66.8 Å². The van der Waals surface area contributed by atoms with E-state index in [1.807, 2.05) is 41.5 Å². The molecule has 1 nitrogen and oxygen atoms in total. The van der Waals surface area contributed by atoms with Gasteiger partial charge < -0.3 is 0 Å². The third-order valence-electron chi connectivity index (χ3n) is 5.21. The van der Waals surface area contributed by atoms with Crippen LogP contribution >= 0.6 is 20.2 Å². The van der Waals surface area contributed by atoms with E-state index < -0.39 is 55.2 Å². The average molecular weight is 628 g/mol. The molecule has 0 spiro atoms. The Bertz CT molecular complexity index is 897. The molecule has 0 saturated heterocycles. The van der Waals surface area contributed by atoms with Crippen molar-refractivity contribution in [2.45, 2.75) is 76.5 Å². The number of halogens is 10. The van der Waals surface area contributed by atoms with Gasteiger partial charge in [0.25, 0.3) is 0 Å². The van der Waals surface area contributed by atoms with Crippen LogP contribution in [0, 0.1) is 7.14 Å². The molecule has 2 aromatic carbocycles. The van der Waals surface area contributed by atoms with Crippen molar-refractivity contribution in [1.82, 2.24) is 0 Å². The zero-order valence-electron chi connectivity index (χ0n) is 19.8. The van der Waals surface area contributed by atoms with Gasteiger partial charge in [0, 0.05) is 0 Å². The first-order valence-electron chi connectivity index (χ1n) is 10.3. The summed E-state index contributed by atoms with van der Waals surface area (Å²) < 4.78 is 127. The first-order chi connectivity index (χ1) is 15.5. The predicted octanol–water partition coefficient (Wildman–Crippen LogP) is 9.18. The second kappa shape index (κ2) is 9.42. The summed E-state index contributed by atoms with van der Waals surface area (Å²) in [6, 6.07) is 10.9. The summed E-state index contributed by atoms with van der Waals surface area (Å²) in [5.74, 6) is 0. The van der Waals surface area contributed by atoms with Crippen LogP contribution in [0.3, 0.4) is 0 Å². The van der Waals surface area contributed by atoms with E-state index in [0.717, 1.165) is 0 Å². The summed E-state index contributed by atoms with van der Waals surface area (Å²) in [6.07, 6.45) is -20.4. The molecule has 0 aliphatic heterocycles. The zero-order valence-corrected chi connectivity index (χ0v) is 22.0. The van der Waals surface area contributed by atoms with E-state index in [9.17, 15) is 39.5 Å². The van der Waals surface area contributed by atoms with Crippen LogP contribution in [0.4, 0.5) is 39.5 Å². The van der Waals surface area contributed by atoms with Gasteiger partial charge in [-0.1, -0.05) is 0 Å². The average Bonchev–Trinajstić information content (AvgIpc) is 2.64. The number of rotatable bonds is 4. The normalized spacial score (nSPS) is 14.8. The van der Waals surface area contributed by atoms with Crippen molar-refractivity contribution in [1.29, 1.82) is 0 Å². The fraction of sp³-hybridized carbons (Fsp3) is 0.500. The first kappa shape index (κ1) is 29.7. The summed E-state index contributed by atoms with van der Waals surface area (Å²) in [5, 5.41) is 0. The topological polar surface area (TPSA) is 9.23 Å². The molecule has 0 aromatic heterocycles. The zero-order chi connectivity index (χ0) is 27.3. The number of benzene rings is 2. The minimum absolute atomic E-state index is 0.132. The Morgan fingerprint density at radius 2 is 0.743 bits per heavy atom. The van der Waals surface area contributed by atoms with Crippen LogP contribution in [-0.4, -0.2) is 24.1 Å². The van der Waals surface area contributed by atoms with Crippen LogP contribution in [0.25, 0.3) is 0 Å². The molecular formula is C24H26F9IO. The van der Waals surface area contributed by atoms with Crippen LogP contribution in [0.2, 0.25) is 0 Å². The van der Waals surface area contributed by atoms with Gasteiger partial charge in [-0.05, 0) is 0 Å². The monoisotopic (exact) mass is 628 g/mol. The molecule has 0 heterocycles. The van der Waals surface area contributed by atoms with E-state index in [0.29, 0.717) is 11.1 Å². The summed E-state index contributed by atoms with van der Waals surface area (Å²) in [4.78, 5) is 0. The predicted molar refractivity (Wildman–Crippen MR) is 124 cm³/mol. The molecule has 2 rings (SSSR count). The molecule has 11 heteroatoms. The van der Waals surface area contributed by atoms with Crippen LogP contribution < -0.4 is 0 Å². The van der Waals surface area contributed by atoms with Gasteiger partial charge >= 0.3 is 206 Å². The Hall–Kier alpha value is -1.50. The van der Waals surface area contributed by atoms with Crippen molar-refractivity contribution in [2.24, 2.45) is 0 Å². The molecule has 35 heavy (non-hydrogen) atoms. The summed E-state index contributed by atoms with van der Waals surface area (Å²) >= 11 is -4.42. The first-order valence-corrected chi connectivity index (χ1v) is 13.4. The van der Waals surface area contributed by atoms with Crippen LogP contribution in [0.1, 0.15) is 52.7 Å². The van der Waals surface area contributed by atoms with Crippen molar-refractivity contribution in [3.8, 4) is 0 Å². The SMILES string of the molecule is CC(C)(C)c1ccc(I(OC(C(F)(F)F)(C(F)(F)F)C(F)(F)F)c2ccc(C(C)(C)C)cc2)cc1. The molecule has 0 saturated carbocycles. The third kappa shape index (κ3) is 6.08. The summed E-state index contributed by atoms with van der Waals surface area (Å²) in [7, 11) is 0. The van der Waals surface area contributed by atoms with Gasteiger partial charge in [-0.2, -0.15) is 0 Å². The molecule has 0 bridgehead atoms. The summed E-state index contributed by atoms with van der Waals surface area (Å²) in [6.45, 7) is 11.0. The van der Waals surface area contributed by atoms with Gasteiger partial charge in [0.15, 0.2) is 0 Å². The van der Waals surface area contributed by atoms with Crippen LogP contribution in [-0.2, 0) is 13.9 Å². The van der Waals surface area contributed by atoms with E-state index in [1.165, 1.54) is 48.5 Å². The van der Waals surface area contributed by atoms with Gasteiger partial charge in [-0.3, -0.25) is 0 Å². The van der Waals surface area contributed by atoms with Gasteiger partial charge in [0.2, 0.25) is 0 Å². The van der Waals surface area contributed by atoms with Gasteiger partial charge in [0.1, 0.15) is 0 Å². The molecule has 0 fully saturated rings. The van der Waals surface area contributed by atoms with Crippen LogP contribution in [0.5, 0.6) is 0 Å². The molecule has 0 unspecified atom stereocenters. The second-order valence-electron chi connectivity index (χ2n) is 10.0. The third-order valence-corrected chi connectivity index (χ3v) is 10.0.